The third-order valence-electron chi connectivity index (χ3n) is 3.80. The fraction of sp³-hybridized carbons (Fsp3) is 0.571. The molecule has 3 heterocycles. The van der Waals surface area contributed by atoms with Gasteiger partial charge in [0.1, 0.15) is 11.1 Å². The van der Waals surface area contributed by atoms with Crippen LogP contribution in [-0.4, -0.2) is 39.4 Å². The number of ether oxygens (including phenoxy) is 1. The summed E-state index contributed by atoms with van der Waals surface area (Å²) in [4.78, 5) is 10.6. The second-order valence-corrected chi connectivity index (χ2v) is 6.70. The van der Waals surface area contributed by atoms with Gasteiger partial charge >= 0.3 is 6.01 Å². The molecule has 2 aliphatic rings. The van der Waals surface area contributed by atoms with Crippen molar-refractivity contribution in [3.05, 3.63) is 23.0 Å². The summed E-state index contributed by atoms with van der Waals surface area (Å²) in [5.74, 6) is 0.673. The Morgan fingerprint density at radius 1 is 1.19 bits per heavy atom. The maximum Gasteiger partial charge on any atom is 0.316 e. The van der Waals surface area contributed by atoms with Gasteiger partial charge in [-0.3, -0.25) is 0 Å². The predicted molar refractivity (Wildman–Crippen MR) is 79.9 cm³/mol. The van der Waals surface area contributed by atoms with Crippen molar-refractivity contribution in [2.24, 2.45) is 0 Å². The molecule has 21 heavy (non-hydrogen) atoms. The average Bonchev–Trinajstić information content (AvgIpc) is 3.04. The Morgan fingerprint density at radius 3 is 2.76 bits per heavy atom. The Kier molecular flexibility index (Phi) is 3.21. The topological polar surface area (TPSA) is 64.0 Å². The molecule has 2 aromatic heterocycles. The molecule has 2 aromatic rings. The van der Waals surface area contributed by atoms with E-state index in [0.717, 1.165) is 30.2 Å². The van der Waals surface area contributed by atoms with E-state index in [9.17, 15) is 0 Å². The van der Waals surface area contributed by atoms with Crippen LogP contribution in [0.5, 0.6) is 6.01 Å². The van der Waals surface area contributed by atoms with E-state index < -0.39 is 0 Å². The van der Waals surface area contributed by atoms with Crippen LogP contribution in [0.4, 0.5) is 5.13 Å². The lowest BCUT2D eigenvalue weighted by Crippen LogP contribution is -2.24. The van der Waals surface area contributed by atoms with Gasteiger partial charge in [-0.25, -0.2) is 9.97 Å². The summed E-state index contributed by atoms with van der Waals surface area (Å²) in [5.41, 5.74) is 1.04. The minimum absolute atomic E-state index is 0.126. The molecule has 1 aliphatic heterocycles. The molecule has 7 heteroatoms. The lowest BCUT2D eigenvalue weighted by atomic mass is 10.3. The molecule has 1 unspecified atom stereocenters. The number of nitrogens with zero attached hydrogens (tertiary/aromatic N) is 5. The summed E-state index contributed by atoms with van der Waals surface area (Å²) in [7, 11) is 0. The molecule has 0 bridgehead atoms. The van der Waals surface area contributed by atoms with E-state index in [-0.39, 0.29) is 6.10 Å². The van der Waals surface area contributed by atoms with Crippen LogP contribution in [0.3, 0.4) is 0 Å². The molecule has 1 saturated heterocycles. The fourth-order valence-corrected chi connectivity index (χ4v) is 3.49. The summed E-state index contributed by atoms with van der Waals surface area (Å²) in [6.45, 7) is 3.75. The molecule has 0 aromatic carbocycles. The van der Waals surface area contributed by atoms with Crippen LogP contribution in [0.2, 0.25) is 0 Å². The zero-order valence-corrected chi connectivity index (χ0v) is 12.7. The number of hydrogen-bond acceptors (Lipinski definition) is 7. The molecular formula is C14H17N5OS. The zero-order valence-electron chi connectivity index (χ0n) is 11.9. The standard InChI is InChI=1S/C14H17N5OS/c1-9-6-15-13(16-7-9)20-11-4-5-19(8-11)14-18-17-12(21-14)10-2-3-10/h6-7,10-11H,2-5,8H2,1H3. The molecule has 0 N–H and O–H groups in total. The fourth-order valence-electron chi connectivity index (χ4n) is 2.44. The molecule has 2 fully saturated rings. The number of aryl methyl sites for hydroxylation is 1. The summed E-state index contributed by atoms with van der Waals surface area (Å²) in [5, 5.41) is 10.8. The molecule has 6 nitrogen and oxygen atoms in total. The third-order valence-corrected chi connectivity index (χ3v) is 4.95. The van der Waals surface area contributed by atoms with Crippen molar-refractivity contribution >= 4 is 16.5 Å². The van der Waals surface area contributed by atoms with Crippen LogP contribution in [-0.2, 0) is 0 Å². The highest BCUT2D eigenvalue weighted by Gasteiger charge is 2.31. The van der Waals surface area contributed by atoms with Crippen LogP contribution >= 0.6 is 11.3 Å². The monoisotopic (exact) mass is 303 g/mol. The highest BCUT2D eigenvalue weighted by molar-refractivity contribution is 7.15. The number of anilines is 1. The van der Waals surface area contributed by atoms with E-state index in [4.69, 9.17) is 4.74 Å². The Hall–Kier alpha value is -1.76. The first kappa shape index (κ1) is 12.9. The highest BCUT2D eigenvalue weighted by Crippen LogP contribution is 2.42. The molecule has 0 amide bonds. The van der Waals surface area contributed by atoms with Gasteiger partial charge in [-0.2, -0.15) is 0 Å². The van der Waals surface area contributed by atoms with Gasteiger partial charge in [0, 0.05) is 31.3 Å². The third kappa shape index (κ3) is 2.83. The minimum Gasteiger partial charge on any atom is -0.458 e. The largest absolute Gasteiger partial charge is 0.458 e. The van der Waals surface area contributed by atoms with Gasteiger partial charge in [0.15, 0.2) is 0 Å². The van der Waals surface area contributed by atoms with Gasteiger partial charge < -0.3 is 9.64 Å². The van der Waals surface area contributed by atoms with Crippen LogP contribution < -0.4 is 9.64 Å². The Labute approximate surface area is 127 Å². The van der Waals surface area contributed by atoms with Crippen molar-refractivity contribution in [1.82, 2.24) is 20.2 Å². The van der Waals surface area contributed by atoms with Crippen molar-refractivity contribution in [3.8, 4) is 6.01 Å². The van der Waals surface area contributed by atoms with E-state index >= 15 is 0 Å². The van der Waals surface area contributed by atoms with E-state index in [0.29, 0.717) is 11.9 Å². The number of aromatic nitrogens is 4. The second-order valence-electron chi connectivity index (χ2n) is 5.71. The number of hydrogen-bond donors (Lipinski definition) is 0. The highest BCUT2D eigenvalue weighted by atomic mass is 32.1. The van der Waals surface area contributed by atoms with Gasteiger partial charge in [0.2, 0.25) is 5.13 Å². The lowest BCUT2D eigenvalue weighted by Gasteiger charge is -2.14. The number of rotatable bonds is 4. The van der Waals surface area contributed by atoms with Crippen molar-refractivity contribution in [2.75, 3.05) is 18.0 Å². The van der Waals surface area contributed by atoms with E-state index in [1.165, 1.54) is 17.8 Å². The summed E-state index contributed by atoms with van der Waals surface area (Å²) in [6, 6.07) is 0.461. The van der Waals surface area contributed by atoms with Gasteiger partial charge in [0.25, 0.3) is 0 Å². The Morgan fingerprint density at radius 2 is 2.00 bits per heavy atom. The Bertz CT molecular complexity index is 625. The molecular weight excluding hydrogens is 286 g/mol. The van der Waals surface area contributed by atoms with Crippen molar-refractivity contribution < 1.29 is 4.74 Å². The smallest absolute Gasteiger partial charge is 0.316 e. The van der Waals surface area contributed by atoms with Crippen molar-refractivity contribution in [1.29, 1.82) is 0 Å². The van der Waals surface area contributed by atoms with E-state index in [1.54, 1.807) is 23.7 Å². The average molecular weight is 303 g/mol. The molecule has 0 spiro atoms. The van der Waals surface area contributed by atoms with E-state index in [2.05, 4.69) is 25.1 Å². The molecule has 1 atom stereocenters. The molecule has 110 valence electrons. The molecule has 4 rings (SSSR count). The zero-order chi connectivity index (χ0) is 14.2. The van der Waals surface area contributed by atoms with Crippen molar-refractivity contribution in [2.45, 2.75) is 38.2 Å². The van der Waals surface area contributed by atoms with Crippen molar-refractivity contribution in [3.63, 3.8) is 0 Å². The summed E-state index contributed by atoms with van der Waals surface area (Å²) in [6.07, 6.45) is 7.19. The van der Waals surface area contributed by atoms with Crippen LogP contribution in [0.25, 0.3) is 0 Å². The van der Waals surface area contributed by atoms with E-state index in [1.807, 2.05) is 6.92 Å². The first-order valence-corrected chi connectivity index (χ1v) is 8.13. The first-order chi connectivity index (χ1) is 10.3. The molecule has 1 aliphatic carbocycles. The van der Waals surface area contributed by atoms with Crippen LogP contribution in [0.1, 0.15) is 35.8 Å². The Balaban J connectivity index is 1.38. The van der Waals surface area contributed by atoms with Crippen LogP contribution in [0, 0.1) is 6.92 Å². The lowest BCUT2D eigenvalue weighted by molar-refractivity contribution is 0.206. The summed E-state index contributed by atoms with van der Waals surface area (Å²) < 4.78 is 5.84. The normalized spacial score (nSPS) is 21.8. The quantitative estimate of drug-likeness (QED) is 0.862. The SMILES string of the molecule is Cc1cnc(OC2CCN(c3nnc(C4CC4)s3)C2)nc1. The molecule has 1 saturated carbocycles. The minimum atomic E-state index is 0.126. The first-order valence-electron chi connectivity index (χ1n) is 7.31. The summed E-state index contributed by atoms with van der Waals surface area (Å²) >= 11 is 1.73. The van der Waals surface area contributed by atoms with Crippen LogP contribution in [0.15, 0.2) is 12.4 Å². The van der Waals surface area contributed by atoms with Gasteiger partial charge in [0.05, 0.1) is 6.54 Å². The maximum absolute atomic E-state index is 5.84. The predicted octanol–water partition coefficient (Wildman–Crippen LogP) is 2.17. The maximum atomic E-state index is 5.84. The van der Waals surface area contributed by atoms with Gasteiger partial charge in [-0.05, 0) is 25.3 Å². The second kappa shape index (κ2) is 5.22. The molecule has 0 radical (unpaired) electrons. The van der Waals surface area contributed by atoms with Gasteiger partial charge in [-0.15, -0.1) is 10.2 Å². The van der Waals surface area contributed by atoms with Gasteiger partial charge in [-0.1, -0.05) is 11.3 Å².